The molecule has 0 spiro atoms. The van der Waals surface area contributed by atoms with Crippen LogP contribution >= 0.6 is 11.6 Å². The predicted octanol–water partition coefficient (Wildman–Crippen LogP) is 6.29. The second-order valence-corrected chi connectivity index (χ2v) is 7.93. The van der Waals surface area contributed by atoms with Crippen LogP contribution in [-0.2, 0) is 17.4 Å². The maximum absolute atomic E-state index is 13.2. The normalized spacial score (nSPS) is 11.3. The minimum atomic E-state index is -4.56. The molecule has 0 aliphatic heterocycles. The van der Waals surface area contributed by atoms with Gasteiger partial charge in [0.05, 0.1) is 43.6 Å². The zero-order valence-corrected chi connectivity index (χ0v) is 19.8. The average Bonchev–Trinajstić information content (AvgIpc) is 2.84. The maximum atomic E-state index is 13.2. The highest BCUT2D eigenvalue weighted by Gasteiger charge is 2.33. The van der Waals surface area contributed by atoms with E-state index in [2.05, 4.69) is 15.3 Å². The lowest BCUT2D eigenvalue weighted by molar-refractivity contribution is -0.138. The van der Waals surface area contributed by atoms with Crippen molar-refractivity contribution in [2.75, 3.05) is 19.5 Å². The van der Waals surface area contributed by atoms with E-state index < -0.39 is 24.1 Å². The fraction of sp³-hybridized carbons (Fsp3) is 0.160. The van der Waals surface area contributed by atoms with Gasteiger partial charge in [0, 0.05) is 17.6 Å². The Kier molecular flexibility index (Phi) is 7.16. The smallest absolute Gasteiger partial charge is 0.416 e. The van der Waals surface area contributed by atoms with Crippen LogP contribution in [0.1, 0.15) is 11.1 Å². The van der Waals surface area contributed by atoms with Gasteiger partial charge in [0.1, 0.15) is 10.8 Å². The molecule has 0 radical (unpaired) electrons. The molecule has 2 aromatic heterocycles. The van der Waals surface area contributed by atoms with Crippen LogP contribution in [0.15, 0.2) is 60.9 Å². The van der Waals surface area contributed by atoms with E-state index in [0.29, 0.717) is 28.2 Å². The Hall–Kier alpha value is -4.05. The lowest BCUT2D eigenvalue weighted by atomic mass is 10.0. The van der Waals surface area contributed by atoms with E-state index in [1.807, 2.05) is 0 Å². The number of fused-ring (bicyclic) bond motifs is 1. The van der Waals surface area contributed by atoms with Crippen LogP contribution in [0.3, 0.4) is 0 Å². The molecule has 0 saturated heterocycles. The molecule has 186 valence electrons. The van der Waals surface area contributed by atoms with Gasteiger partial charge in [0.2, 0.25) is 11.8 Å². The number of halogens is 4. The Bertz CT molecular complexity index is 1430. The van der Waals surface area contributed by atoms with Crippen LogP contribution < -0.4 is 19.5 Å². The molecule has 36 heavy (non-hydrogen) atoms. The molecule has 0 bridgehead atoms. The van der Waals surface area contributed by atoms with Gasteiger partial charge >= 0.3 is 6.18 Å². The Morgan fingerprint density at radius 1 is 1.00 bits per heavy atom. The average molecular weight is 518 g/mol. The largest absolute Gasteiger partial charge is 0.493 e. The number of aromatic nitrogens is 2. The van der Waals surface area contributed by atoms with Crippen molar-refractivity contribution >= 4 is 34.1 Å². The molecule has 2 heterocycles. The summed E-state index contributed by atoms with van der Waals surface area (Å²) in [4.78, 5) is 20.9. The number of rotatable bonds is 7. The van der Waals surface area contributed by atoms with Crippen molar-refractivity contribution in [3.63, 3.8) is 0 Å². The van der Waals surface area contributed by atoms with Gasteiger partial charge in [-0.2, -0.15) is 13.2 Å². The first kappa shape index (κ1) is 25.1. The number of carbonyl (C=O) groups is 1. The van der Waals surface area contributed by atoms with E-state index in [0.717, 1.165) is 6.07 Å². The molecule has 7 nitrogen and oxygen atoms in total. The third kappa shape index (κ3) is 5.44. The molecule has 0 aliphatic rings. The third-order valence-electron chi connectivity index (χ3n) is 5.18. The topological polar surface area (TPSA) is 82.6 Å². The summed E-state index contributed by atoms with van der Waals surface area (Å²) in [7, 11) is 3.02. The molecule has 2 aromatic carbocycles. The molecule has 4 rings (SSSR count). The monoisotopic (exact) mass is 517 g/mol. The van der Waals surface area contributed by atoms with Gasteiger partial charge in [0.25, 0.3) is 0 Å². The number of pyridine rings is 2. The third-order valence-corrected chi connectivity index (χ3v) is 5.45. The van der Waals surface area contributed by atoms with Gasteiger partial charge in [-0.25, -0.2) is 4.98 Å². The van der Waals surface area contributed by atoms with Crippen LogP contribution in [0.2, 0.25) is 5.02 Å². The highest BCUT2D eigenvalue weighted by molar-refractivity contribution is 6.32. The first-order chi connectivity index (χ1) is 17.2. The Labute approximate surface area is 208 Å². The summed E-state index contributed by atoms with van der Waals surface area (Å²) in [6.07, 6.45) is -2.19. The van der Waals surface area contributed by atoms with E-state index in [1.54, 1.807) is 24.4 Å². The summed E-state index contributed by atoms with van der Waals surface area (Å²) in [5.74, 6) is 0.783. The number of nitrogens with zero attached hydrogens (tertiary/aromatic N) is 2. The fourth-order valence-electron chi connectivity index (χ4n) is 3.54. The SMILES string of the molecule is COc1cc2nccc(Oc3ncc(NC(=O)Cc4ccccc4C(F)(F)F)cc3Cl)c2cc1OC. The zero-order valence-electron chi connectivity index (χ0n) is 19.0. The number of benzene rings is 2. The fourth-order valence-corrected chi connectivity index (χ4v) is 3.74. The number of alkyl halides is 3. The molecule has 0 fully saturated rings. The molecule has 0 aliphatic carbocycles. The number of hydrogen-bond donors (Lipinski definition) is 1. The van der Waals surface area contributed by atoms with Crippen LogP contribution in [0.5, 0.6) is 23.1 Å². The van der Waals surface area contributed by atoms with E-state index >= 15 is 0 Å². The summed E-state index contributed by atoms with van der Waals surface area (Å²) in [5.41, 5.74) is -0.214. The van der Waals surface area contributed by atoms with E-state index in [-0.39, 0.29) is 22.2 Å². The van der Waals surface area contributed by atoms with Crippen molar-refractivity contribution in [3.8, 4) is 23.1 Å². The van der Waals surface area contributed by atoms with Crippen molar-refractivity contribution in [1.82, 2.24) is 9.97 Å². The number of anilines is 1. The second-order valence-electron chi connectivity index (χ2n) is 7.53. The second kappa shape index (κ2) is 10.3. The van der Waals surface area contributed by atoms with Gasteiger partial charge in [-0.1, -0.05) is 29.8 Å². The van der Waals surface area contributed by atoms with Crippen LogP contribution in [0.4, 0.5) is 18.9 Å². The summed E-state index contributed by atoms with van der Waals surface area (Å²) in [6.45, 7) is 0. The number of ether oxygens (including phenoxy) is 3. The predicted molar refractivity (Wildman–Crippen MR) is 128 cm³/mol. The first-order valence-corrected chi connectivity index (χ1v) is 10.9. The van der Waals surface area contributed by atoms with Crippen LogP contribution in [-0.4, -0.2) is 30.1 Å². The summed E-state index contributed by atoms with van der Waals surface area (Å²) < 4.78 is 56.1. The minimum Gasteiger partial charge on any atom is -0.493 e. The van der Waals surface area contributed by atoms with Gasteiger partial charge < -0.3 is 19.5 Å². The quantitative estimate of drug-likeness (QED) is 0.310. The van der Waals surface area contributed by atoms with E-state index in [4.69, 9.17) is 25.8 Å². The van der Waals surface area contributed by atoms with Crippen molar-refractivity contribution in [2.24, 2.45) is 0 Å². The van der Waals surface area contributed by atoms with Gasteiger partial charge in [0.15, 0.2) is 11.5 Å². The van der Waals surface area contributed by atoms with Crippen molar-refractivity contribution < 1.29 is 32.2 Å². The van der Waals surface area contributed by atoms with Crippen LogP contribution in [0, 0.1) is 0 Å². The lowest BCUT2D eigenvalue weighted by Crippen LogP contribution is -2.18. The maximum Gasteiger partial charge on any atom is 0.416 e. The number of methoxy groups -OCH3 is 2. The highest BCUT2D eigenvalue weighted by Crippen LogP contribution is 2.38. The first-order valence-electron chi connectivity index (χ1n) is 10.5. The molecule has 11 heteroatoms. The lowest BCUT2D eigenvalue weighted by Gasteiger charge is -2.14. The summed E-state index contributed by atoms with van der Waals surface area (Å²) in [5, 5.41) is 3.21. The molecule has 1 amide bonds. The molecule has 0 atom stereocenters. The Balaban J connectivity index is 1.52. The van der Waals surface area contributed by atoms with Crippen molar-refractivity contribution in [3.05, 3.63) is 77.1 Å². The molecule has 4 aromatic rings. The molecule has 1 N–H and O–H groups in total. The molecule has 0 saturated carbocycles. The van der Waals surface area contributed by atoms with Crippen molar-refractivity contribution in [2.45, 2.75) is 12.6 Å². The van der Waals surface area contributed by atoms with Crippen molar-refractivity contribution in [1.29, 1.82) is 0 Å². The number of amides is 1. The Morgan fingerprint density at radius 3 is 2.42 bits per heavy atom. The standard InChI is InChI=1S/C25H19ClF3N3O4/c1-34-21-11-16-19(12-22(21)35-2)30-8-7-20(16)36-24-18(26)10-15(13-31-24)32-23(33)9-14-5-3-4-6-17(14)25(27,28)29/h3-8,10-13H,9H2,1-2H3,(H,32,33). The molecular formula is C25H19ClF3N3O4. The highest BCUT2D eigenvalue weighted by atomic mass is 35.5. The molecular weight excluding hydrogens is 499 g/mol. The number of hydrogen-bond acceptors (Lipinski definition) is 6. The zero-order chi connectivity index (χ0) is 25.9. The molecule has 0 unspecified atom stereocenters. The minimum absolute atomic E-state index is 0.0550. The number of carbonyl (C=O) groups excluding carboxylic acids is 1. The summed E-state index contributed by atoms with van der Waals surface area (Å²) in [6, 6.07) is 11.3. The number of nitrogens with one attached hydrogen (secondary N) is 1. The van der Waals surface area contributed by atoms with Crippen LogP contribution in [0.25, 0.3) is 10.9 Å². The summed E-state index contributed by atoms with van der Waals surface area (Å²) >= 11 is 6.32. The Morgan fingerprint density at radius 2 is 1.72 bits per heavy atom. The van der Waals surface area contributed by atoms with Gasteiger partial charge in [-0.15, -0.1) is 0 Å². The van der Waals surface area contributed by atoms with E-state index in [1.165, 1.54) is 44.7 Å². The van der Waals surface area contributed by atoms with E-state index in [9.17, 15) is 18.0 Å². The van der Waals surface area contributed by atoms with Gasteiger partial charge in [-0.3, -0.25) is 9.78 Å². The van der Waals surface area contributed by atoms with Gasteiger partial charge in [-0.05, 0) is 29.8 Å².